The van der Waals surface area contributed by atoms with Gasteiger partial charge in [0.15, 0.2) is 0 Å². The van der Waals surface area contributed by atoms with Crippen LogP contribution in [0.15, 0.2) is 0 Å². The summed E-state index contributed by atoms with van der Waals surface area (Å²) in [5.74, 6) is 9.41. The summed E-state index contributed by atoms with van der Waals surface area (Å²) in [5.41, 5.74) is 0. The molecule has 0 aliphatic rings. The van der Waals surface area contributed by atoms with Crippen LogP contribution < -0.4 is 0 Å². The fourth-order valence-electron chi connectivity index (χ4n) is 0.856. The van der Waals surface area contributed by atoms with Gasteiger partial charge in [0.05, 0.1) is 0 Å². The van der Waals surface area contributed by atoms with Gasteiger partial charge in [-0.25, -0.2) is 0 Å². The molecule has 88 valence electrons. The van der Waals surface area contributed by atoms with Gasteiger partial charge in [-0.2, -0.15) is 0 Å². The van der Waals surface area contributed by atoms with E-state index in [4.69, 9.17) is 0 Å². The first-order valence-corrected chi connectivity index (χ1v) is 7.33. The standard InChI is InChI=1S/C7H6N2O4P4/c1-7(9(5-16-12)6-17-13)2-8(3-14-10)4-15-11/h7H,2H2,1H3. The van der Waals surface area contributed by atoms with Crippen LogP contribution in [0.2, 0.25) is 0 Å². The summed E-state index contributed by atoms with van der Waals surface area (Å²) in [6.45, 7) is 1.88. The van der Waals surface area contributed by atoms with Crippen molar-refractivity contribution in [2.45, 2.75) is 13.0 Å². The molecule has 0 N–H and O–H groups in total. The molecule has 0 amide bonds. The maximum atomic E-state index is 10.4. The summed E-state index contributed by atoms with van der Waals surface area (Å²) in [6, 6.07) is -0.346. The zero-order valence-corrected chi connectivity index (χ0v) is 12.2. The molecule has 6 nitrogen and oxygen atoms in total. The number of nitrogens with zero attached hydrogens (tertiary/aromatic N) is 2. The molecule has 1 unspecified atom stereocenters. The summed E-state index contributed by atoms with van der Waals surface area (Å²) in [6.07, 6.45) is 0. The fourth-order valence-corrected chi connectivity index (χ4v) is 2.14. The molecule has 0 saturated carbocycles. The predicted molar refractivity (Wildman–Crippen MR) is 64.0 cm³/mol. The Balaban J connectivity index is 5.00. The average Bonchev–Trinajstić information content (AvgIpc) is 2.29. The maximum absolute atomic E-state index is 10.4. The van der Waals surface area contributed by atoms with Crippen LogP contribution in [0.1, 0.15) is 6.92 Å². The summed E-state index contributed by atoms with van der Waals surface area (Å²) < 4.78 is 41.5. The Labute approximate surface area is 103 Å². The minimum absolute atomic E-state index is 0.190. The van der Waals surface area contributed by atoms with Gasteiger partial charge in [-0.15, -0.1) is 0 Å². The third kappa shape index (κ3) is 7.81. The Morgan fingerprint density at radius 3 is 1.65 bits per heavy atom. The van der Waals surface area contributed by atoms with Crippen LogP contribution in [0.4, 0.5) is 0 Å². The van der Waals surface area contributed by atoms with E-state index < -0.39 is 0 Å². The molecule has 10 heteroatoms. The van der Waals surface area contributed by atoms with Crippen LogP contribution in [0.25, 0.3) is 0 Å². The molecule has 0 rings (SSSR count). The van der Waals surface area contributed by atoms with Gasteiger partial charge in [0.25, 0.3) is 0 Å². The van der Waals surface area contributed by atoms with Crippen LogP contribution in [0.5, 0.6) is 0 Å². The summed E-state index contributed by atoms with van der Waals surface area (Å²) in [5, 5.41) is 0. The van der Waals surface area contributed by atoms with E-state index in [-0.39, 0.29) is 44.2 Å². The van der Waals surface area contributed by atoms with Crippen LogP contribution >= 0.6 is 31.7 Å². The van der Waals surface area contributed by atoms with Crippen LogP contribution in [-0.2, 0) is 18.3 Å². The molecule has 0 aliphatic carbocycles. The van der Waals surface area contributed by atoms with Crippen molar-refractivity contribution in [1.29, 1.82) is 0 Å². The van der Waals surface area contributed by atoms with E-state index in [1.807, 2.05) is 0 Å². The molecule has 1 atom stereocenters. The molecule has 17 heavy (non-hydrogen) atoms. The van der Waals surface area contributed by atoms with Crippen molar-refractivity contribution in [2.75, 3.05) is 6.54 Å². The van der Waals surface area contributed by atoms with E-state index in [1.54, 1.807) is 6.92 Å². The molecular weight excluding hydrogens is 300 g/mol. The molecule has 0 aromatic rings. The van der Waals surface area contributed by atoms with E-state index in [9.17, 15) is 18.3 Å². The van der Waals surface area contributed by atoms with Gasteiger partial charge in [-0.3, -0.25) is 0 Å². The van der Waals surface area contributed by atoms with Crippen molar-refractivity contribution >= 4 is 31.7 Å². The Morgan fingerprint density at radius 1 is 0.882 bits per heavy atom. The van der Waals surface area contributed by atoms with E-state index in [0.717, 1.165) is 0 Å². The van der Waals surface area contributed by atoms with E-state index in [1.165, 1.54) is 9.80 Å². The number of hydrogen-bond acceptors (Lipinski definition) is 6. The number of hydrogen-bond donors (Lipinski definition) is 0. The van der Waals surface area contributed by atoms with Gasteiger partial charge in [0.2, 0.25) is 0 Å². The van der Waals surface area contributed by atoms with Gasteiger partial charge in [-0.05, 0) is 0 Å². The summed E-state index contributed by atoms with van der Waals surface area (Å²) >= 11 is 0. The van der Waals surface area contributed by atoms with Gasteiger partial charge in [-0.1, -0.05) is 0 Å². The second kappa shape index (κ2) is 11.1. The van der Waals surface area contributed by atoms with E-state index >= 15 is 0 Å². The molecule has 0 radical (unpaired) electrons. The Bertz CT molecular complexity index is 614. The average molecular weight is 306 g/mol. The monoisotopic (exact) mass is 306 g/mol. The summed E-state index contributed by atoms with van der Waals surface area (Å²) in [4.78, 5) is 2.40. The molecule has 0 aliphatic heterocycles. The van der Waals surface area contributed by atoms with Crippen molar-refractivity contribution in [1.82, 2.24) is 9.80 Å². The van der Waals surface area contributed by atoms with Crippen LogP contribution in [-0.4, -0.2) is 22.4 Å². The molecule has 0 saturated heterocycles. The molecule has 0 fully saturated rings. The quantitative estimate of drug-likeness (QED) is 0.589. The molecule has 0 spiro atoms. The van der Waals surface area contributed by atoms with E-state index in [2.05, 4.69) is 23.0 Å². The Morgan fingerprint density at radius 2 is 1.29 bits per heavy atom. The first-order chi connectivity index (χ1) is 8.19. The first kappa shape index (κ1) is 17.0. The zero-order valence-electron chi connectivity index (χ0n) is 8.60. The second-order valence-electron chi connectivity index (χ2n) is 2.59. The topological polar surface area (TPSA) is 74.8 Å². The molecule has 0 aromatic carbocycles. The Hall–Kier alpha value is -0.0400. The normalized spacial score (nSPS) is 10.5. The fraction of sp³-hybridized carbons (Fsp3) is 0.429. The summed E-state index contributed by atoms with van der Waals surface area (Å²) in [7, 11) is -1.52. The van der Waals surface area contributed by atoms with Crippen molar-refractivity contribution in [3.63, 3.8) is 0 Å². The zero-order chi connectivity index (χ0) is 13.1. The second-order valence-corrected chi connectivity index (χ2v) is 4.13. The van der Waals surface area contributed by atoms with Gasteiger partial charge >= 0.3 is 102 Å². The number of rotatable bonds is 3. The van der Waals surface area contributed by atoms with Crippen molar-refractivity contribution < 1.29 is 18.3 Å². The first-order valence-electron chi connectivity index (χ1n) is 4.08. The van der Waals surface area contributed by atoms with Crippen molar-refractivity contribution in [2.24, 2.45) is 0 Å². The van der Waals surface area contributed by atoms with Gasteiger partial charge in [0.1, 0.15) is 0 Å². The Kier molecular flexibility index (Phi) is 11.0. The van der Waals surface area contributed by atoms with Crippen LogP contribution in [0, 0.1) is 23.0 Å². The predicted octanol–water partition coefficient (Wildman–Crippen LogP) is 2.81. The van der Waals surface area contributed by atoms with E-state index in [0.29, 0.717) is 0 Å². The molecule has 0 heterocycles. The third-order valence-electron chi connectivity index (χ3n) is 1.51. The van der Waals surface area contributed by atoms with Gasteiger partial charge in [0, 0.05) is 0 Å². The van der Waals surface area contributed by atoms with Crippen LogP contribution in [0.3, 0.4) is 0 Å². The SMILES string of the molecule is CC(CN(C#P=O)C#P=O)N(C#P=O)C#P=O. The molecule has 0 bridgehead atoms. The third-order valence-corrected chi connectivity index (χ3v) is 2.75. The molecular formula is C7H6N2O4P4. The van der Waals surface area contributed by atoms with Crippen molar-refractivity contribution in [3.8, 4) is 23.0 Å². The molecule has 0 aromatic heterocycles. The van der Waals surface area contributed by atoms with Crippen molar-refractivity contribution in [3.05, 3.63) is 0 Å². The van der Waals surface area contributed by atoms with Gasteiger partial charge < -0.3 is 0 Å². The minimum atomic E-state index is -0.381.